The predicted molar refractivity (Wildman–Crippen MR) is 125 cm³/mol. The Bertz CT molecular complexity index is 1060. The van der Waals surface area contributed by atoms with Crippen molar-refractivity contribution < 1.29 is 18.7 Å². The van der Waals surface area contributed by atoms with Gasteiger partial charge in [-0.05, 0) is 48.6 Å². The smallest absolute Gasteiger partial charge is 0.340 e. The van der Waals surface area contributed by atoms with Gasteiger partial charge in [-0.3, -0.25) is 4.98 Å². The van der Waals surface area contributed by atoms with E-state index in [1.165, 1.54) is 12.1 Å². The van der Waals surface area contributed by atoms with Crippen LogP contribution in [0.2, 0.25) is 0 Å². The molecule has 4 nitrogen and oxygen atoms in total. The molecule has 0 fully saturated rings. The van der Waals surface area contributed by atoms with E-state index in [4.69, 9.17) is 14.5 Å². The van der Waals surface area contributed by atoms with Crippen molar-refractivity contribution in [2.75, 3.05) is 6.61 Å². The summed E-state index contributed by atoms with van der Waals surface area (Å²) in [5.41, 5.74) is 4.19. The topological polar surface area (TPSA) is 48.4 Å². The van der Waals surface area contributed by atoms with Gasteiger partial charge in [-0.25, -0.2) is 9.18 Å². The fourth-order valence-electron chi connectivity index (χ4n) is 3.72. The Labute approximate surface area is 189 Å². The van der Waals surface area contributed by atoms with Crippen molar-refractivity contribution in [1.29, 1.82) is 0 Å². The van der Waals surface area contributed by atoms with Gasteiger partial charge in [-0.2, -0.15) is 0 Å². The van der Waals surface area contributed by atoms with E-state index in [1.54, 1.807) is 19.1 Å². The average Bonchev–Trinajstić information content (AvgIpc) is 2.77. The summed E-state index contributed by atoms with van der Waals surface area (Å²) in [5.74, 6) is 0.0421. The summed E-state index contributed by atoms with van der Waals surface area (Å²) in [6.45, 7) is 10.4. The number of hydrogen-bond donors (Lipinski definition) is 0. The van der Waals surface area contributed by atoms with Crippen molar-refractivity contribution in [1.82, 2.24) is 4.98 Å². The lowest BCUT2D eigenvalue weighted by Gasteiger charge is -2.24. The summed E-state index contributed by atoms with van der Waals surface area (Å²) >= 11 is 0. The van der Waals surface area contributed by atoms with E-state index in [1.807, 2.05) is 44.2 Å². The van der Waals surface area contributed by atoms with E-state index in [9.17, 15) is 9.18 Å². The van der Waals surface area contributed by atoms with E-state index in [2.05, 4.69) is 13.8 Å². The first-order valence-corrected chi connectivity index (χ1v) is 11.0. The van der Waals surface area contributed by atoms with E-state index in [0.717, 1.165) is 22.6 Å². The van der Waals surface area contributed by atoms with Crippen LogP contribution in [0.5, 0.6) is 5.75 Å². The number of carbonyl (C=O) groups is 1. The lowest BCUT2D eigenvalue weighted by molar-refractivity contribution is 0.0524. The molecule has 0 radical (unpaired) electrons. The molecule has 5 heteroatoms. The van der Waals surface area contributed by atoms with Crippen LogP contribution in [-0.4, -0.2) is 17.6 Å². The zero-order valence-electron chi connectivity index (χ0n) is 19.3. The number of nitrogens with zero attached hydrogens (tertiary/aromatic N) is 1. The number of carbonyl (C=O) groups excluding carboxylic acids is 1. The van der Waals surface area contributed by atoms with Gasteiger partial charge in [0, 0.05) is 11.1 Å². The first-order valence-electron chi connectivity index (χ1n) is 11.0. The zero-order valence-corrected chi connectivity index (χ0v) is 19.3. The molecular weight excluding hydrogens is 405 g/mol. The zero-order chi connectivity index (χ0) is 23.3. The van der Waals surface area contributed by atoms with Gasteiger partial charge in [0.15, 0.2) is 0 Å². The third-order valence-corrected chi connectivity index (χ3v) is 5.19. The van der Waals surface area contributed by atoms with Crippen molar-refractivity contribution in [2.24, 2.45) is 0 Å². The highest BCUT2D eigenvalue weighted by molar-refractivity contribution is 5.99. The third kappa shape index (κ3) is 5.16. The molecule has 0 N–H and O–H groups in total. The fourth-order valence-corrected chi connectivity index (χ4v) is 3.72. The van der Waals surface area contributed by atoms with Crippen molar-refractivity contribution in [3.8, 4) is 16.9 Å². The van der Waals surface area contributed by atoms with E-state index in [0.29, 0.717) is 16.8 Å². The molecule has 0 amide bonds. The molecule has 0 unspecified atom stereocenters. The van der Waals surface area contributed by atoms with Crippen molar-refractivity contribution in [3.05, 3.63) is 82.9 Å². The number of rotatable bonds is 8. The van der Waals surface area contributed by atoms with Crippen LogP contribution in [0.3, 0.4) is 0 Å². The number of esters is 1. The number of hydrogen-bond acceptors (Lipinski definition) is 4. The maximum absolute atomic E-state index is 13.7. The van der Waals surface area contributed by atoms with Gasteiger partial charge in [-0.15, -0.1) is 0 Å². The molecule has 2 aromatic carbocycles. The van der Waals surface area contributed by atoms with Gasteiger partial charge in [0.1, 0.15) is 18.2 Å². The molecule has 1 aromatic heterocycles. The molecule has 1 heterocycles. The molecule has 3 rings (SSSR count). The Morgan fingerprint density at radius 1 is 0.938 bits per heavy atom. The number of aromatic nitrogens is 1. The highest BCUT2D eigenvalue weighted by atomic mass is 19.1. The van der Waals surface area contributed by atoms with Crippen LogP contribution in [0.1, 0.15) is 73.8 Å². The Balaban J connectivity index is 2.31. The Morgan fingerprint density at radius 3 is 2.12 bits per heavy atom. The molecule has 0 atom stereocenters. The van der Waals surface area contributed by atoms with E-state index in [-0.39, 0.29) is 30.9 Å². The maximum Gasteiger partial charge on any atom is 0.340 e. The van der Waals surface area contributed by atoms with Crippen LogP contribution in [0.4, 0.5) is 4.39 Å². The van der Waals surface area contributed by atoms with Crippen LogP contribution in [0, 0.1) is 5.82 Å². The Morgan fingerprint density at radius 2 is 1.56 bits per heavy atom. The summed E-state index contributed by atoms with van der Waals surface area (Å²) in [6.07, 6.45) is 0. The molecule has 0 saturated carbocycles. The quantitative estimate of drug-likeness (QED) is 0.362. The second-order valence-corrected chi connectivity index (χ2v) is 8.25. The molecule has 0 aliphatic heterocycles. The second-order valence-electron chi connectivity index (χ2n) is 8.25. The highest BCUT2D eigenvalue weighted by Crippen LogP contribution is 2.37. The number of para-hydroxylation sites is 1. The summed E-state index contributed by atoms with van der Waals surface area (Å²) in [6, 6.07) is 15.7. The summed E-state index contributed by atoms with van der Waals surface area (Å²) in [5, 5.41) is 0. The number of benzene rings is 2. The lowest BCUT2D eigenvalue weighted by Crippen LogP contribution is -2.18. The van der Waals surface area contributed by atoms with Gasteiger partial charge in [0.05, 0.1) is 23.6 Å². The maximum atomic E-state index is 13.7. The van der Waals surface area contributed by atoms with Gasteiger partial charge >= 0.3 is 5.97 Å². The minimum atomic E-state index is -0.431. The monoisotopic (exact) mass is 435 g/mol. The fraction of sp³-hybridized carbons (Fsp3) is 0.333. The third-order valence-electron chi connectivity index (χ3n) is 5.19. The predicted octanol–water partition coefficient (Wildman–Crippen LogP) is 6.89. The molecule has 3 aromatic rings. The van der Waals surface area contributed by atoms with Crippen LogP contribution in [0.25, 0.3) is 11.1 Å². The number of halogens is 1. The van der Waals surface area contributed by atoms with Crippen LogP contribution >= 0.6 is 0 Å². The normalized spacial score (nSPS) is 11.1. The van der Waals surface area contributed by atoms with Gasteiger partial charge in [0.2, 0.25) is 0 Å². The average molecular weight is 436 g/mol. The molecule has 0 bridgehead atoms. The first kappa shape index (κ1) is 23.5. The van der Waals surface area contributed by atoms with Crippen LogP contribution in [0.15, 0.2) is 54.6 Å². The van der Waals surface area contributed by atoms with Crippen LogP contribution < -0.4 is 4.74 Å². The molecule has 0 aliphatic rings. The Kier molecular flexibility index (Phi) is 7.62. The van der Waals surface area contributed by atoms with E-state index >= 15 is 0 Å². The Hall–Kier alpha value is -3.21. The van der Waals surface area contributed by atoms with E-state index < -0.39 is 5.97 Å². The van der Waals surface area contributed by atoms with Gasteiger partial charge in [-0.1, -0.05) is 58.0 Å². The molecule has 32 heavy (non-hydrogen) atoms. The molecule has 0 saturated heterocycles. The molecular formula is C27H30FNO3. The lowest BCUT2D eigenvalue weighted by atomic mass is 9.87. The minimum Gasteiger partial charge on any atom is -0.489 e. The van der Waals surface area contributed by atoms with Gasteiger partial charge in [0.25, 0.3) is 0 Å². The first-order chi connectivity index (χ1) is 15.3. The van der Waals surface area contributed by atoms with Gasteiger partial charge < -0.3 is 9.47 Å². The standard InChI is InChI=1S/C27H30FNO3/c1-6-31-27(30)24-23(19-12-14-20(28)15-13-19)22(16-32-21-10-8-7-9-11-21)25(17(2)3)29-26(24)18(4)5/h7-15,17-18H,6,16H2,1-5H3. The summed E-state index contributed by atoms with van der Waals surface area (Å²) in [7, 11) is 0. The summed E-state index contributed by atoms with van der Waals surface area (Å²) in [4.78, 5) is 18.1. The molecule has 168 valence electrons. The minimum absolute atomic E-state index is 0.00445. The molecule has 0 aliphatic carbocycles. The molecule has 0 spiro atoms. The van der Waals surface area contributed by atoms with Crippen molar-refractivity contribution in [2.45, 2.75) is 53.1 Å². The number of pyridine rings is 1. The SMILES string of the molecule is CCOC(=O)c1c(C(C)C)nc(C(C)C)c(COc2ccccc2)c1-c1ccc(F)cc1. The highest BCUT2D eigenvalue weighted by Gasteiger charge is 2.28. The van der Waals surface area contributed by atoms with Crippen LogP contribution in [-0.2, 0) is 11.3 Å². The summed E-state index contributed by atoms with van der Waals surface area (Å²) < 4.78 is 25.3. The van der Waals surface area contributed by atoms with Crippen molar-refractivity contribution >= 4 is 5.97 Å². The number of ether oxygens (including phenoxy) is 2. The van der Waals surface area contributed by atoms with Crippen molar-refractivity contribution in [3.63, 3.8) is 0 Å². The second kappa shape index (κ2) is 10.4. The largest absolute Gasteiger partial charge is 0.489 e.